The van der Waals surface area contributed by atoms with Crippen LogP contribution in [0.25, 0.3) is 6.08 Å². The summed E-state index contributed by atoms with van der Waals surface area (Å²) in [6.45, 7) is 2.89. The molecule has 7 heteroatoms. The predicted molar refractivity (Wildman–Crippen MR) is 85.4 cm³/mol. The number of likely N-dealkylation sites (N-methyl/N-ethyl adjacent to an activating group) is 1. The fraction of sp³-hybridized carbons (Fsp3) is 0.412. The van der Waals surface area contributed by atoms with E-state index in [9.17, 15) is 18.8 Å². The molecule has 5 nitrogen and oxygen atoms in total. The van der Waals surface area contributed by atoms with Gasteiger partial charge in [0.2, 0.25) is 0 Å². The van der Waals surface area contributed by atoms with Crippen molar-refractivity contribution in [2.45, 2.75) is 13.5 Å². The summed E-state index contributed by atoms with van der Waals surface area (Å²) in [7, 11) is 0. The van der Waals surface area contributed by atoms with Crippen molar-refractivity contribution in [3.63, 3.8) is 0 Å². The summed E-state index contributed by atoms with van der Waals surface area (Å²) in [4.78, 5) is 16.3. The number of hydrogen-bond acceptors (Lipinski definition) is 4. The van der Waals surface area contributed by atoms with Gasteiger partial charge in [-0.2, -0.15) is 14.0 Å². The fourth-order valence-corrected chi connectivity index (χ4v) is 2.49. The van der Waals surface area contributed by atoms with Gasteiger partial charge >= 0.3 is 6.61 Å². The normalized spacial score (nSPS) is 16.1. The van der Waals surface area contributed by atoms with E-state index in [1.54, 1.807) is 4.90 Å². The number of rotatable bonds is 5. The number of ether oxygens (including phenoxy) is 1. The van der Waals surface area contributed by atoms with Gasteiger partial charge in [0.1, 0.15) is 17.4 Å². The number of benzene rings is 1. The van der Waals surface area contributed by atoms with Crippen molar-refractivity contribution in [1.29, 1.82) is 5.26 Å². The molecule has 0 radical (unpaired) electrons. The molecule has 1 heterocycles. The van der Waals surface area contributed by atoms with E-state index >= 15 is 0 Å². The lowest BCUT2D eigenvalue weighted by molar-refractivity contribution is -0.128. The van der Waals surface area contributed by atoms with E-state index in [-0.39, 0.29) is 17.2 Å². The van der Waals surface area contributed by atoms with Crippen LogP contribution in [0.3, 0.4) is 0 Å². The van der Waals surface area contributed by atoms with Gasteiger partial charge in [-0.05, 0) is 30.3 Å². The Morgan fingerprint density at radius 3 is 2.42 bits per heavy atom. The lowest BCUT2D eigenvalue weighted by atomic mass is 10.1. The van der Waals surface area contributed by atoms with Crippen molar-refractivity contribution >= 4 is 12.0 Å². The third-order valence-corrected chi connectivity index (χ3v) is 3.87. The number of piperazine rings is 1. The first kappa shape index (κ1) is 17.9. The molecule has 1 aromatic carbocycles. The van der Waals surface area contributed by atoms with Crippen molar-refractivity contribution in [2.24, 2.45) is 0 Å². The zero-order valence-electron chi connectivity index (χ0n) is 13.4. The molecule has 0 spiro atoms. The van der Waals surface area contributed by atoms with E-state index in [0.29, 0.717) is 18.7 Å². The highest BCUT2D eigenvalue weighted by Gasteiger charge is 2.22. The predicted octanol–water partition coefficient (Wildman–Crippen LogP) is 2.36. The van der Waals surface area contributed by atoms with Crippen molar-refractivity contribution < 1.29 is 18.3 Å². The Morgan fingerprint density at radius 1 is 1.29 bits per heavy atom. The van der Waals surface area contributed by atoms with Crippen molar-refractivity contribution in [3.05, 3.63) is 35.4 Å². The smallest absolute Gasteiger partial charge is 0.387 e. The first-order valence-electron chi connectivity index (χ1n) is 7.71. The molecule has 0 unspecified atom stereocenters. The molecule has 0 bridgehead atoms. The highest BCUT2D eigenvalue weighted by atomic mass is 19.3. The lowest BCUT2D eigenvalue weighted by Crippen LogP contribution is -2.48. The number of alkyl halides is 2. The monoisotopic (exact) mass is 335 g/mol. The van der Waals surface area contributed by atoms with Crippen LogP contribution in [0.4, 0.5) is 8.78 Å². The Kier molecular flexibility index (Phi) is 6.27. The molecular weight excluding hydrogens is 316 g/mol. The van der Waals surface area contributed by atoms with Crippen LogP contribution in [0.15, 0.2) is 29.8 Å². The molecule has 1 amide bonds. The summed E-state index contributed by atoms with van der Waals surface area (Å²) in [5.74, 6) is -0.274. The average Bonchev–Trinajstić information content (AvgIpc) is 2.60. The summed E-state index contributed by atoms with van der Waals surface area (Å²) < 4.78 is 28.5. The zero-order chi connectivity index (χ0) is 17.5. The van der Waals surface area contributed by atoms with Crippen molar-refractivity contribution in [2.75, 3.05) is 32.7 Å². The second-order valence-corrected chi connectivity index (χ2v) is 5.34. The third kappa shape index (κ3) is 4.77. The largest absolute Gasteiger partial charge is 0.435 e. The molecule has 1 aliphatic heterocycles. The van der Waals surface area contributed by atoms with Gasteiger partial charge in [-0.25, -0.2) is 0 Å². The van der Waals surface area contributed by atoms with Gasteiger partial charge in [0.05, 0.1) is 0 Å². The molecule has 1 aliphatic rings. The minimum absolute atomic E-state index is 0.0301. The van der Waals surface area contributed by atoms with Gasteiger partial charge in [0.25, 0.3) is 5.91 Å². The fourth-order valence-electron chi connectivity index (χ4n) is 2.49. The molecule has 0 aliphatic carbocycles. The minimum atomic E-state index is -2.88. The van der Waals surface area contributed by atoms with Crippen molar-refractivity contribution in [3.8, 4) is 11.8 Å². The molecule has 2 rings (SSSR count). The topological polar surface area (TPSA) is 56.6 Å². The standard InChI is InChI=1S/C17H19F2N3O2/c1-2-21-7-9-22(10-8-21)16(23)14(12-20)11-13-3-5-15(6-4-13)24-17(18)19/h3-6,11,17H,2,7-10H2,1H3/b14-11-. The second kappa shape index (κ2) is 8.41. The minimum Gasteiger partial charge on any atom is -0.435 e. The van der Waals surface area contributed by atoms with Gasteiger partial charge in [-0.15, -0.1) is 0 Å². The Balaban J connectivity index is 2.06. The van der Waals surface area contributed by atoms with Gasteiger partial charge < -0.3 is 14.5 Å². The number of carbonyl (C=O) groups excluding carboxylic acids is 1. The van der Waals surface area contributed by atoms with E-state index in [1.165, 1.54) is 30.3 Å². The number of nitriles is 1. The second-order valence-electron chi connectivity index (χ2n) is 5.34. The quantitative estimate of drug-likeness (QED) is 0.612. The van der Waals surface area contributed by atoms with Crippen LogP contribution < -0.4 is 4.74 Å². The molecule has 1 fully saturated rings. The first-order valence-corrected chi connectivity index (χ1v) is 7.71. The highest BCUT2D eigenvalue weighted by molar-refractivity contribution is 6.01. The number of carbonyl (C=O) groups is 1. The molecule has 24 heavy (non-hydrogen) atoms. The van der Waals surface area contributed by atoms with E-state index in [2.05, 4.69) is 16.6 Å². The number of nitrogens with zero attached hydrogens (tertiary/aromatic N) is 3. The van der Waals surface area contributed by atoms with Gasteiger partial charge in [-0.3, -0.25) is 4.79 Å². The SMILES string of the molecule is CCN1CCN(C(=O)/C(C#N)=C\c2ccc(OC(F)F)cc2)CC1. The lowest BCUT2D eigenvalue weighted by Gasteiger charge is -2.33. The van der Waals surface area contributed by atoms with Gasteiger partial charge in [0, 0.05) is 26.2 Å². The summed E-state index contributed by atoms with van der Waals surface area (Å²) in [5.41, 5.74) is 0.608. The van der Waals surface area contributed by atoms with Gasteiger partial charge in [-0.1, -0.05) is 19.1 Å². The van der Waals surface area contributed by atoms with Crippen LogP contribution in [-0.4, -0.2) is 55.0 Å². The van der Waals surface area contributed by atoms with Crippen molar-refractivity contribution in [1.82, 2.24) is 9.80 Å². The Morgan fingerprint density at radius 2 is 1.92 bits per heavy atom. The average molecular weight is 335 g/mol. The summed E-state index contributed by atoms with van der Waals surface area (Å²) in [6.07, 6.45) is 1.46. The highest BCUT2D eigenvalue weighted by Crippen LogP contribution is 2.17. The maximum absolute atomic E-state index is 12.4. The van der Waals surface area contributed by atoms with E-state index in [4.69, 9.17) is 0 Å². The van der Waals surface area contributed by atoms with E-state index in [1.807, 2.05) is 6.07 Å². The number of hydrogen-bond donors (Lipinski definition) is 0. The van der Waals surface area contributed by atoms with Crippen LogP contribution in [0.2, 0.25) is 0 Å². The maximum atomic E-state index is 12.4. The molecule has 0 atom stereocenters. The molecule has 128 valence electrons. The van der Waals surface area contributed by atoms with Crippen LogP contribution in [0, 0.1) is 11.3 Å². The zero-order valence-corrected chi connectivity index (χ0v) is 13.4. The van der Waals surface area contributed by atoms with E-state index in [0.717, 1.165) is 19.6 Å². The van der Waals surface area contributed by atoms with Crippen LogP contribution in [0.5, 0.6) is 5.75 Å². The molecule has 1 saturated heterocycles. The van der Waals surface area contributed by atoms with E-state index < -0.39 is 6.61 Å². The van der Waals surface area contributed by atoms with Crippen LogP contribution in [0.1, 0.15) is 12.5 Å². The summed E-state index contributed by atoms with van der Waals surface area (Å²) in [5, 5.41) is 9.26. The Hall–Kier alpha value is -2.46. The Labute approximate surface area is 139 Å². The first-order chi connectivity index (χ1) is 11.5. The molecule has 0 N–H and O–H groups in total. The van der Waals surface area contributed by atoms with Crippen LogP contribution in [-0.2, 0) is 4.79 Å². The molecule has 0 aromatic heterocycles. The Bertz CT molecular complexity index is 630. The number of amides is 1. The summed E-state index contributed by atoms with van der Waals surface area (Å²) >= 11 is 0. The summed E-state index contributed by atoms with van der Waals surface area (Å²) in [6, 6.07) is 7.72. The molecular formula is C17H19F2N3O2. The number of halogens is 2. The molecule has 0 saturated carbocycles. The third-order valence-electron chi connectivity index (χ3n) is 3.87. The van der Waals surface area contributed by atoms with Gasteiger partial charge in [0.15, 0.2) is 0 Å². The maximum Gasteiger partial charge on any atom is 0.387 e. The molecule has 1 aromatic rings. The van der Waals surface area contributed by atoms with Crippen LogP contribution >= 0.6 is 0 Å².